The first-order valence-corrected chi connectivity index (χ1v) is 5.84. The lowest BCUT2D eigenvalue weighted by Gasteiger charge is -2.20. The Labute approximate surface area is 105 Å². The van der Waals surface area contributed by atoms with Gasteiger partial charge in [-0.3, -0.25) is 10.1 Å². The van der Waals surface area contributed by atoms with E-state index in [0.717, 1.165) is 0 Å². The molecule has 0 aliphatic carbocycles. The second-order valence-corrected chi connectivity index (χ2v) is 4.51. The van der Waals surface area contributed by atoms with Gasteiger partial charge in [-0.15, -0.1) is 0 Å². The summed E-state index contributed by atoms with van der Waals surface area (Å²) in [5, 5.41) is 13.6. The molecule has 0 saturated carbocycles. The van der Waals surface area contributed by atoms with Crippen LogP contribution >= 0.6 is 0 Å². The first-order chi connectivity index (χ1) is 8.47. The molecule has 0 aliphatic rings. The van der Waals surface area contributed by atoms with E-state index in [2.05, 4.69) is 5.32 Å². The van der Waals surface area contributed by atoms with Crippen LogP contribution in [0.1, 0.15) is 13.8 Å². The van der Waals surface area contributed by atoms with Crippen LogP contribution in [0.5, 0.6) is 0 Å². The Morgan fingerprint density at radius 3 is 2.67 bits per heavy atom. The second-order valence-electron chi connectivity index (χ2n) is 4.51. The van der Waals surface area contributed by atoms with E-state index in [9.17, 15) is 14.5 Å². The van der Waals surface area contributed by atoms with Crippen LogP contribution in [0.2, 0.25) is 0 Å². The van der Waals surface area contributed by atoms with Gasteiger partial charge in [0.2, 0.25) is 0 Å². The second kappa shape index (κ2) is 6.30. The Hall–Kier alpha value is -1.69. The monoisotopic (exact) mass is 255 g/mol. The zero-order chi connectivity index (χ0) is 13.7. The molecule has 0 aromatic heterocycles. The molecule has 6 heteroatoms. The van der Waals surface area contributed by atoms with Crippen molar-refractivity contribution in [2.45, 2.75) is 13.8 Å². The number of nitrogens with zero attached hydrogens (tertiary/aromatic N) is 1. The molecule has 0 heterocycles. The van der Waals surface area contributed by atoms with Crippen molar-refractivity contribution < 1.29 is 9.31 Å². The van der Waals surface area contributed by atoms with Gasteiger partial charge >= 0.3 is 0 Å². The SMILES string of the molecule is CC(C)C(CN)CNc1c(F)cccc1[N+](=O)[O-]. The van der Waals surface area contributed by atoms with E-state index < -0.39 is 10.7 Å². The van der Waals surface area contributed by atoms with E-state index in [1.165, 1.54) is 18.2 Å². The number of nitro benzene ring substituents is 1. The summed E-state index contributed by atoms with van der Waals surface area (Å²) < 4.78 is 13.6. The van der Waals surface area contributed by atoms with Crippen LogP contribution < -0.4 is 11.1 Å². The highest BCUT2D eigenvalue weighted by Gasteiger charge is 2.19. The molecule has 5 nitrogen and oxygen atoms in total. The molecule has 0 saturated heterocycles. The van der Waals surface area contributed by atoms with Gasteiger partial charge in [-0.25, -0.2) is 4.39 Å². The van der Waals surface area contributed by atoms with Gasteiger partial charge in [0.15, 0.2) is 5.82 Å². The van der Waals surface area contributed by atoms with Crippen molar-refractivity contribution >= 4 is 11.4 Å². The molecule has 0 bridgehead atoms. The fraction of sp³-hybridized carbons (Fsp3) is 0.500. The van der Waals surface area contributed by atoms with Crippen molar-refractivity contribution in [1.82, 2.24) is 0 Å². The number of nitrogens with one attached hydrogen (secondary N) is 1. The van der Waals surface area contributed by atoms with Gasteiger partial charge in [-0.2, -0.15) is 0 Å². The van der Waals surface area contributed by atoms with Gasteiger partial charge in [-0.05, 0) is 24.4 Å². The predicted octanol–water partition coefficient (Wildman–Crippen LogP) is 2.38. The molecule has 0 radical (unpaired) electrons. The number of benzene rings is 1. The average molecular weight is 255 g/mol. The van der Waals surface area contributed by atoms with Crippen molar-refractivity contribution in [1.29, 1.82) is 0 Å². The van der Waals surface area contributed by atoms with E-state index in [1.54, 1.807) is 0 Å². The number of anilines is 1. The molecule has 0 spiro atoms. The maximum absolute atomic E-state index is 13.6. The summed E-state index contributed by atoms with van der Waals surface area (Å²) in [6.07, 6.45) is 0. The van der Waals surface area contributed by atoms with Crippen LogP contribution in [0, 0.1) is 27.8 Å². The van der Waals surface area contributed by atoms with Crippen molar-refractivity contribution in [2.75, 3.05) is 18.4 Å². The van der Waals surface area contributed by atoms with Crippen LogP contribution in [0.15, 0.2) is 18.2 Å². The largest absolute Gasteiger partial charge is 0.377 e. The van der Waals surface area contributed by atoms with Crippen molar-refractivity contribution in [3.8, 4) is 0 Å². The molecule has 1 aromatic rings. The first-order valence-electron chi connectivity index (χ1n) is 5.84. The smallest absolute Gasteiger partial charge is 0.295 e. The van der Waals surface area contributed by atoms with Gasteiger partial charge in [0.25, 0.3) is 5.69 Å². The summed E-state index contributed by atoms with van der Waals surface area (Å²) in [5.74, 6) is -0.152. The Kier molecular flexibility index (Phi) is 5.03. The standard InChI is InChI=1S/C12H18FN3O2/c1-8(2)9(6-14)7-15-12-10(13)4-3-5-11(12)16(17)18/h3-5,8-9,15H,6-7,14H2,1-2H3. The van der Waals surface area contributed by atoms with Gasteiger partial charge in [-0.1, -0.05) is 19.9 Å². The topological polar surface area (TPSA) is 81.2 Å². The maximum atomic E-state index is 13.6. The lowest BCUT2D eigenvalue weighted by molar-refractivity contribution is -0.384. The number of rotatable bonds is 6. The third kappa shape index (κ3) is 3.40. The third-order valence-electron chi connectivity index (χ3n) is 2.97. The minimum Gasteiger partial charge on any atom is -0.377 e. The number of nitro groups is 1. The Bertz CT molecular complexity index is 424. The third-order valence-corrected chi connectivity index (χ3v) is 2.97. The molecule has 1 aromatic carbocycles. The number of hydrogen-bond donors (Lipinski definition) is 2. The van der Waals surface area contributed by atoms with Gasteiger partial charge in [0, 0.05) is 12.6 Å². The summed E-state index contributed by atoms with van der Waals surface area (Å²) in [5.41, 5.74) is 5.28. The minimum atomic E-state index is -0.622. The van der Waals surface area contributed by atoms with Gasteiger partial charge in [0.05, 0.1) is 4.92 Å². The van der Waals surface area contributed by atoms with E-state index in [0.29, 0.717) is 19.0 Å². The summed E-state index contributed by atoms with van der Waals surface area (Å²) in [7, 11) is 0. The number of hydrogen-bond acceptors (Lipinski definition) is 4. The molecular formula is C12H18FN3O2. The summed E-state index contributed by atoms with van der Waals surface area (Å²) in [4.78, 5) is 10.2. The highest BCUT2D eigenvalue weighted by Crippen LogP contribution is 2.27. The molecule has 100 valence electrons. The van der Waals surface area contributed by atoms with Crippen LogP contribution in [-0.2, 0) is 0 Å². The molecule has 1 atom stereocenters. The first kappa shape index (κ1) is 14.4. The number of para-hydroxylation sites is 1. The highest BCUT2D eigenvalue weighted by molar-refractivity contribution is 5.62. The molecule has 18 heavy (non-hydrogen) atoms. The fourth-order valence-corrected chi connectivity index (χ4v) is 1.66. The molecule has 0 aliphatic heterocycles. The zero-order valence-electron chi connectivity index (χ0n) is 10.5. The maximum Gasteiger partial charge on any atom is 0.295 e. The summed E-state index contributed by atoms with van der Waals surface area (Å²) in [6.45, 7) is 4.88. The van der Waals surface area contributed by atoms with E-state index in [-0.39, 0.29) is 17.3 Å². The predicted molar refractivity (Wildman–Crippen MR) is 68.9 cm³/mol. The van der Waals surface area contributed by atoms with E-state index >= 15 is 0 Å². The minimum absolute atomic E-state index is 0.0680. The van der Waals surface area contributed by atoms with Crippen molar-refractivity contribution in [2.24, 2.45) is 17.6 Å². The lowest BCUT2D eigenvalue weighted by atomic mass is 9.96. The molecule has 0 fully saturated rings. The molecule has 1 rings (SSSR count). The van der Waals surface area contributed by atoms with Gasteiger partial charge in [0.1, 0.15) is 5.69 Å². The highest BCUT2D eigenvalue weighted by atomic mass is 19.1. The molecule has 3 N–H and O–H groups in total. The Morgan fingerprint density at radius 2 is 2.17 bits per heavy atom. The Balaban J connectivity index is 2.87. The molecule has 0 amide bonds. The van der Waals surface area contributed by atoms with Gasteiger partial charge < -0.3 is 11.1 Å². The quantitative estimate of drug-likeness (QED) is 0.604. The van der Waals surface area contributed by atoms with E-state index in [1.807, 2.05) is 13.8 Å². The van der Waals surface area contributed by atoms with Crippen LogP contribution in [0.25, 0.3) is 0 Å². The molecular weight excluding hydrogens is 237 g/mol. The summed E-state index contributed by atoms with van der Waals surface area (Å²) >= 11 is 0. The number of nitrogens with two attached hydrogens (primary N) is 1. The summed E-state index contributed by atoms with van der Waals surface area (Å²) in [6, 6.07) is 3.79. The Morgan fingerprint density at radius 1 is 1.50 bits per heavy atom. The molecule has 1 unspecified atom stereocenters. The average Bonchev–Trinajstić information content (AvgIpc) is 2.30. The zero-order valence-corrected chi connectivity index (χ0v) is 10.5. The van der Waals surface area contributed by atoms with E-state index in [4.69, 9.17) is 5.73 Å². The van der Waals surface area contributed by atoms with Crippen LogP contribution in [-0.4, -0.2) is 18.0 Å². The van der Waals surface area contributed by atoms with Crippen LogP contribution in [0.4, 0.5) is 15.8 Å². The van der Waals surface area contributed by atoms with Crippen molar-refractivity contribution in [3.05, 3.63) is 34.1 Å². The van der Waals surface area contributed by atoms with Crippen molar-refractivity contribution in [3.63, 3.8) is 0 Å². The van der Waals surface area contributed by atoms with Crippen LogP contribution in [0.3, 0.4) is 0 Å². The number of halogens is 1. The normalized spacial score (nSPS) is 12.5. The lowest BCUT2D eigenvalue weighted by Crippen LogP contribution is -2.27. The fourth-order valence-electron chi connectivity index (χ4n) is 1.66.